The van der Waals surface area contributed by atoms with Crippen LogP contribution in [-0.4, -0.2) is 35.2 Å². The zero-order valence-electron chi connectivity index (χ0n) is 19.5. The molecule has 10 nitrogen and oxygen atoms in total. The van der Waals surface area contributed by atoms with E-state index in [4.69, 9.17) is 4.74 Å². The summed E-state index contributed by atoms with van der Waals surface area (Å²) in [5.74, 6) is -2.40. The average molecular weight is 489 g/mol. The van der Waals surface area contributed by atoms with Crippen LogP contribution < -0.4 is 14.5 Å². The molecule has 2 saturated heterocycles. The summed E-state index contributed by atoms with van der Waals surface area (Å²) in [6.45, 7) is 1.84. The lowest BCUT2D eigenvalue weighted by atomic mass is 9.85. The molecule has 3 atom stereocenters. The second-order valence-electron chi connectivity index (χ2n) is 9.22. The van der Waals surface area contributed by atoms with Crippen LogP contribution in [0.5, 0.6) is 5.75 Å². The summed E-state index contributed by atoms with van der Waals surface area (Å²) in [7, 11) is 0. The topological polar surface area (TPSA) is 127 Å². The highest BCUT2D eigenvalue weighted by Gasteiger charge is 2.48. The van der Waals surface area contributed by atoms with Gasteiger partial charge in [-0.05, 0) is 55.7 Å². The van der Waals surface area contributed by atoms with Crippen LogP contribution in [0.1, 0.15) is 24.8 Å². The van der Waals surface area contributed by atoms with Crippen molar-refractivity contribution in [3.63, 3.8) is 0 Å². The molecule has 3 amide bonds. The number of nitro groups is 1. The van der Waals surface area contributed by atoms with Crippen LogP contribution in [-0.2, 0) is 19.2 Å². The molecular formula is C26H23N3O7. The van der Waals surface area contributed by atoms with Crippen LogP contribution >= 0.6 is 0 Å². The number of anilines is 2. The first kappa shape index (κ1) is 23.4. The zero-order chi connectivity index (χ0) is 25.6. The molecule has 2 aliphatic heterocycles. The predicted octanol–water partition coefficient (Wildman–Crippen LogP) is 3.32. The van der Waals surface area contributed by atoms with Crippen LogP contribution in [0.15, 0.2) is 54.6 Å². The largest absolute Gasteiger partial charge is 0.426 e. The number of rotatable bonds is 5. The van der Waals surface area contributed by atoms with Crippen LogP contribution in [0.3, 0.4) is 0 Å². The number of aryl methyl sites for hydroxylation is 1. The van der Waals surface area contributed by atoms with E-state index >= 15 is 0 Å². The van der Waals surface area contributed by atoms with E-state index in [1.165, 1.54) is 40.1 Å². The van der Waals surface area contributed by atoms with Gasteiger partial charge < -0.3 is 9.64 Å². The second-order valence-corrected chi connectivity index (χ2v) is 9.22. The third kappa shape index (κ3) is 4.04. The highest BCUT2D eigenvalue weighted by molar-refractivity contribution is 6.22. The zero-order valence-corrected chi connectivity index (χ0v) is 19.5. The number of esters is 1. The smallest absolute Gasteiger partial charge is 0.316 e. The monoisotopic (exact) mass is 489 g/mol. The number of imide groups is 1. The van der Waals surface area contributed by atoms with Crippen molar-refractivity contribution in [3.8, 4) is 5.75 Å². The third-order valence-electron chi connectivity index (χ3n) is 6.97. The normalized spacial score (nSPS) is 23.2. The lowest BCUT2D eigenvalue weighted by molar-refractivity contribution is -0.384. The van der Waals surface area contributed by atoms with E-state index in [1.54, 1.807) is 19.1 Å². The fourth-order valence-corrected chi connectivity index (χ4v) is 5.05. The summed E-state index contributed by atoms with van der Waals surface area (Å²) in [5, 5.41) is 10.8. The van der Waals surface area contributed by atoms with Crippen LogP contribution in [0.25, 0.3) is 0 Å². The Morgan fingerprint density at radius 1 is 1.00 bits per heavy atom. The van der Waals surface area contributed by atoms with Gasteiger partial charge in [-0.3, -0.25) is 29.3 Å². The van der Waals surface area contributed by atoms with E-state index in [1.807, 2.05) is 12.2 Å². The fraction of sp³-hybridized carbons (Fsp3) is 0.308. The molecule has 0 radical (unpaired) electrons. The Morgan fingerprint density at radius 2 is 1.64 bits per heavy atom. The van der Waals surface area contributed by atoms with Gasteiger partial charge >= 0.3 is 5.97 Å². The molecule has 2 aromatic carbocycles. The number of carbonyl (C=O) groups is 4. The number of hydrogen-bond acceptors (Lipinski definition) is 7. The molecule has 184 valence electrons. The minimum atomic E-state index is -0.704. The van der Waals surface area contributed by atoms with Crippen LogP contribution in [0.4, 0.5) is 17.1 Å². The molecule has 0 unspecified atom stereocenters. The van der Waals surface area contributed by atoms with E-state index in [9.17, 15) is 29.3 Å². The number of hydrogen-bond donors (Lipinski definition) is 0. The molecular weight excluding hydrogens is 466 g/mol. The van der Waals surface area contributed by atoms with Gasteiger partial charge in [0.1, 0.15) is 5.75 Å². The molecule has 0 spiro atoms. The van der Waals surface area contributed by atoms with Crippen molar-refractivity contribution < 1.29 is 28.8 Å². The van der Waals surface area contributed by atoms with Crippen molar-refractivity contribution in [2.24, 2.45) is 17.8 Å². The molecule has 2 heterocycles. The molecule has 10 heteroatoms. The molecule has 5 rings (SSSR count). The minimum absolute atomic E-state index is 0.0412. The van der Waals surface area contributed by atoms with E-state index in [-0.39, 0.29) is 54.0 Å². The van der Waals surface area contributed by atoms with Gasteiger partial charge in [-0.1, -0.05) is 12.2 Å². The summed E-state index contributed by atoms with van der Waals surface area (Å²) in [4.78, 5) is 64.0. The summed E-state index contributed by atoms with van der Waals surface area (Å²) >= 11 is 0. The van der Waals surface area contributed by atoms with Crippen LogP contribution in [0.2, 0.25) is 0 Å². The number of ether oxygens (including phenoxy) is 1. The Balaban J connectivity index is 1.26. The number of nitro benzene ring substituents is 1. The number of non-ortho nitro benzene ring substituents is 1. The summed E-state index contributed by atoms with van der Waals surface area (Å²) in [5.41, 5.74) is 1.47. The van der Waals surface area contributed by atoms with E-state index in [0.717, 1.165) is 0 Å². The first-order valence-corrected chi connectivity index (χ1v) is 11.6. The lowest BCUT2D eigenvalue weighted by Crippen LogP contribution is -2.31. The second kappa shape index (κ2) is 9.03. The van der Waals surface area contributed by atoms with Crippen molar-refractivity contribution >= 4 is 40.8 Å². The number of benzene rings is 2. The minimum Gasteiger partial charge on any atom is -0.426 e. The summed E-state index contributed by atoms with van der Waals surface area (Å²) < 4.78 is 5.52. The number of nitrogens with zero attached hydrogens (tertiary/aromatic N) is 3. The van der Waals surface area contributed by atoms with Gasteiger partial charge in [0.15, 0.2) is 0 Å². The maximum Gasteiger partial charge on any atom is 0.316 e. The van der Waals surface area contributed by atoms with E-state index < -0.39 is 16.8 Å². The van der Waals surface area contributed by atoms with Gasteiger partial charge in [-0.2, -0.15) is 0 Å². The Labute approximate surface area is 206 Å². The predicted molar refractivity (Wildman–Crippen MR) is 128 cm³/mol. The molecule has 0 N–H and O–H groups in total. The van der Waals surface area contributed by atoms with Crippen molar-refractivity contribution in [2.45, 2.75) is 26.2 Å². The number of allylic oxidation sites excluding steroid dienone is 2. The molecule has 3 aliphatic rings. The van der Waals surface area contributed by atoms with Gasteiger partial charge in [0, 0.05) is 30.8 Å². The maximum absolute atomic E-state index is 12.9. The highest BCUT2D eigenvalue weighted by atomic mass is 16.6. The van der Waals surface area contributed by atoms with Crippen molar-refractivity contribution in [1.82, 2.24) is 0 Å². The third-order valence-corrected chi connectivity index (χ3v) is 6.97. The van der Waals surface area contributed by atoms with Gasteiger partial charge in [-0.15, -0.1) is 0 Å². The average Bonchev–Trinajstić information content (AvgIpc) is 3.37. The van der Waals surface area contributed by atoms with Crippen LogP contribution in [0, 0.1) is 34.8 Å². The molecule has 36 heavy (non-hydrogen) atoms. The van der Waals surface area contributed by atoms with Gasteiger partial charge in [0.2, 0.25) is 17.7 Å². The lowest BCUT2D eigenvalue weighted by Gasteiger charge is -2.19. The molecule has 2 fully saturated rings. The number of carbonyl (C=O) groups excluding carboxylic acids is 4. The van der Waals surface area contributed by atoms with Gasteiger partial charge in [0.25, 0.3) is 5.69 Å². The molecule has 0 bridgehead atoms. The van der Waals surface area contributed by atoms with E-state index in [2.05, 4.69) is 0 Å². The Morgan fingerprint density at radius 3 is 2.22 bits per heavy atom. The Hall–Kier alpha value is -4.34. The SMILES string of the molecule is Cc1cc(OC(=O)[C@@H]2CC(=O)N(c3ccc([N+](=O)[O-])cc3)C2)ccc1N1C(=O)[C@H]2CC=CC[C@@H]2C1=O. The number of amides is 3. The van der Waals surface area contributed by atoms with E-state index in [0.29, 0.717) is 29.8 Å². The van der Waals surface area contributed by atoms with Gasteiger partial charge in [0.05, 0.1) is 28.4 Å². The van der Waals surface area contributed by atoms with Crippen molar-refractivity contribution in [3.05, 3.63) is 70.3 Å². The Kier molecular flexibility index (Phi) is 5.87. The molecule has 0 saturated carbocycles. The standard InChI is InChI=1S/C26H23N3O7/c1-15-12-19(10-11-22(15)28-24(31)20-4-2-3-5-21(20)25(28)32)36-26(33)16-13-23(30)27(14-16)17-6-8-18(9-7-17)29(34)35/h2-3,6-12,16,20-21H,4-5,13-14H2,1H3/t16-,20+,21+/m1/s1. The number of fused-ring (bicyclic) bond motifs is 1. The summed E-state index contributed by atoms with van der Waals surface area (Å²) in [6.07, 6.45) is 4.93. The quantitative estimate of drug-likeness (QED) is 0.157. The summed E-state index contributed by atoms with van der Waals surface area (Å²) in [6, 6.07) is 10.3. The molecule has 0 aromatic heterocycles. The Bertz CT molecular complexity index is 1290. The first-order chi connectivity index (χ1) is 17.2. The van der Waals surface area contributed by atoms with Gasteiger partial charge in [-0.25, -0.2) is 4.90 Å². The van der Waals surface area contributed by atoms with Crippen molar-refractivity contribution in [2.75, 3.05) is 16.3 Å². The highest BCUT2D eigenvalue weighted by Crippen LogP contribution is 2.39. The first-order valence-electron chi connectivity index (χ1n) is 11.6. The molecule has 2 aromatic rings. The molecule has 1 aliphatic carbocycles. The van der Waals surface area contributed by atoms with Crippen molar-refractivity contribution in [1.29, 1.82) is 0 Å². The maximum atomic E-state index is 12.9. The fourth-order valence-electron chi connectivity index (χ4n) is 5.05.